The van der Waals surface area contributed by atoms with Crippen molar-refractivity contribution in [2.45, 2.75) is 33.5 Å². The molecule has 1 unspecified atom stereocenters. The maximum atomic E-state index is 11.4. The number of quaternary nitrogens is 1. The SMILES string of the molecule is C=CC(=O)OC(C)[N+](CC)(CC)Cc1ccccc1.[F-]. The first-order chi connectivity index (χ1) is 9.07. The number of halogens is 1. The van der Waals surface area contributed by atoms with Crippen LogP contribution in [0.5, 0.6) is 0 Å². The molecule has 1 rings (SSSR count). The van der Waals surface area contributed by atoms with Gasteiger partial charge in [-0.05, 0) is 13.8 Å². The summed E-state index contributed by atoms with van der Waals surface area (Å²) >= 11 is 0. The second-order valence-corrected chi connectivity index (χ2v) is 4.74. The van der Waals surface area contributed by atoms with Gasteiger partial charge in [0.05, 0.1) is 13.1 Å². The molecule has 20 heavy (non-hydrogen) atoms. The summed E-state index contributed by atoms with van der Waals surface area (Å²) in [5, 5.41) is 0. The Labute approximate surface area is 120 Å². The molecular formula is C16H24FNO2. The molecule has 0 radical (unpaired) electrons. The molecule has 0 fully saturated rings. The molecule has 0 aliphatic rings. The third-order valence-electron chi connectivity index (χ3n) is 3.82. The molecule has 1 aromatic rings. The molecule has 0 aromatic heterocycles. The summed E-state index contributed by atoms with van der Waals surface area (Å²) in [6.07, 6.45) is 1.04. The Morgan fingerprint density at radius 2 is 1.85 bits per heavy atom. The van der Waals surface area contributed by atoms with Gasteiger partial charge < -0.3 is 9.44 Å². The summed E-state index contributed by atoms with van der Waals surface area (Å²) in [7, 11) is 0. The second-order valence-electron chi connectivity index (χ2n) is 4.74. The van der Waals surface area contributed by atoms with E-state index in [-0.39, 0.29) is 16.9 Å². The van der Waals surface area contributed by atoms with E-state index in [2.05, 4.69) is 32.6 Å². The first-order valence-electron chi connectivity index (χ1n) is 6.80. The number of rotatable bonds is 7. The molecule has 0 bridgehead atoms. The van der Waals surface area contributed by atoms with Crippen molar-refractivity contribution in [1.29, 1.82) is 0 Å². The molecule has 1 atom stereocenters. The van der Waals surface area contributed by atoms with Crippen LogP contribution in [0.2, 0.25) is 0 Å². The minimum absolute atomic E-state index is 0. The smallest absolute Gasteiger partial charge is 0.334 e. The highest BCUT2D eigenvalue weighted by Crippen LogP contribution is 2.20. The highest BCUT2D eigenvalue weighted by atomic mass is 19.0. The molecule has 0 heterocycles. The number of carbonyl (C=O) groups excluding carboxylic acids is 1. The number of ether oxygens (including phenoxy) is 1. The summed E-state index contributed by atoms with van der Waals surface area (Å²) < 4.78 is 6.16. The van der Waals surface area contributed by atoms with Crippen LogP contribution >= 0.6 is 0 Å². The van der Waals surface area contributed by atoms with Gasteiger partial charge in [0.2, 0.25) is 6.23 Å². The lowest BCUT2D eigenvalue weighted by atomic mass is 10.1. The van der Waals surface area contributed by atoms with Gasteiger partial charge in [-0.25, -0.2) is 4.79 Å². The number of hydrogen-bond donors (Lipinski definition) is 0. The van der Waals surface area contributed by atoms with Crippen LogP contribution in [0.25, 0.3) is 0 Å². The van der Waals surface area contributed by atoms with Gasteiger partial charge in [0.25, 0.3) is 0 Å². The fraction of sp³-hybridized carbons (Fsp3) is 0.438. The number of esters is 1. The van der Waals surface area contributed by atoms with Crippen LogP contribution in [0.3, 0.4) is 0 Å². The van der Waals surface area contributed by atoms with Crippen molar-refractivity contribution in [2.24, 2.45) is 0 Å². The molecule has 0 spiro atoms. The lowest BCUT2D eigenvalue weighted by Crippen LogP contribution is -3.00. The van der Waals surface area contributed by atoms with E-state index < -0.39 is 0 Å². The quantitative estimate of drug-likeness (QED) is 0.307. The van der Waals surface area contributed by atoms with Crippen LogP contribution in [0.1, 0.15) is 26.3 Å². The third kappa shape index (κ3) is 4.46. The van der Waals surface area contributed by atoms with Crippen molar-refractivity contribution >= 4 is 5.97 Å². The topological polar surface area (TPSA) is 26.3 Å². The Kier molecular flexibility index (Phi) is 7.77. The molecular weight excluding hydrogens is 257 g/mol. The Balaban J connectivity index is 0.00000361. The van der Waals surface area contributed by atoms with E-state index in [0.29, 0.717) is 0 Å². The van der Waals surface area contributed by atoms with Gasteiger partial charge in [-0.3, -0.25) is 4.48 Å². The van der Waals surface area contributed by atoms with Crippen LogP contribution < -0.4 is 4.70 Å². The first-order valence-corrected chi connectivity index (χ1v) is 6.80. The molecule has 0 aliphatic heterocycles. The lowest BCUT2D eigenvalue weighted by molar-refractivity contribution is -0.976. The lowest BCUT2D eigenvalue weighted by Gasteiger charge is -2.41. The third-order valence-corrected chi connectivity index (χ3v) is 3.82. The van der Waals surface area contributed by atoms with Gasteiger partial charge >= 0.3 is 5.97 Å². The molecule has 1 aromatic carbocycles. The normalized spacial score (nSPS) is 12.2. The monoisotopic (exact) mass is 281 g/mol. The zero-order valence-electron chi connectivity index (χ0n) is 12.5. The fourth-order valence-electron chi connectivity index (χ4n) is 2.37. The second kappa shape index (κ2) is 8.48. The summed E-state index contributed by atoms with van der Waals surface area (Å²) in [4.78, 5) is 11.4. The van der Waals surface area contributed by atoms with Crippen molar-refractivity contribution in [2.75, 3.05) is 13.1 Å². The van der Waals surface area contributed by atoms with Crippen molar-refractivity contribution in [3.05, 3.63) is 48.6 Å². The molecule has 0 amide bonds. The molecule has 3 nitrogen and oxygen atoms in total. The zero-order chi connectivity index (χ0) is 14.3. The Bertz CT molecular complexity index is 416. The Morgan fingerprint density at radius 3 is 2.30 bits per heavy atom. The largest absolute Gasteiger partial charge is 1.00 e. The van der Waals surface area contributed by atoms with Gasteiger partial charge in [-0.15, -0.1) is 0 Å². The molecule has 0 N–H and O–H groups in total. The van der Waals surface area contributed by atoms with E-state index in [4.69, 9.17) is 4.74 Å². The number of hydrogen-bond acceptors (Lipinski definition) is 2. The molecule has 0 saturated carbocycles. The van der Waals surface area contributed by atoms with Crippen molar-refractivity contribution in [3.63, 3.8) is 0 Å². The van der Waals surface area contributed by atoms with Gasteiger partial charge in [0, 0.05) is 18.6 Å². The van der Waals surface area contributed by atoms with E-state index in [1.807, 2.05) is 25.1 Å². The van der Waals surface area contributed by atoms with E-state index in [0.717, 1.165) is 24.1 Å². The standard InChI is InChI=1S/C16H24NO2.FH/c1-5-16(18)19-14(4)17(6-2,7-3)13-15-11-9-8-10-12-15;/h5,8-12,14H,1,6-7,13H2,2-4H3;1H/q+1;/p-1. The van der Waals surface area contributed by atoms with Crippen LogP contribution in [-0.4, -0.2) is 29.8 Å². The van der Waals surface area contributed by atoms with Gasteiger partial charge in [-0.1, -0.05) is 36.9 Å². The average Bonchev–Trinajstić information content (AvgIpc) is 2.45. The van der Waals surface area contributed by atoms with Gasteiger partial charge in [0.1, 0.15) is 6.54 Å². The van der Waals surface area contributed by atoms with Crippen molar-refractivity contribution in [3.8, 4) is 0 Å². The number of carbonyl (C=O) groups is 1. The highest BCUT2D eigenvalue weighted by Gasteiger charge is 2.33. The molecule has 0 saturated heterocycles. The molecule has 4 heteroatoms. The zero-order valence-corrected chi connectivity index (χ0v) is 12.5. The predicted octanol–water partition coefficient (Wildman–Crippen LogP) is 0.122. The first kappa shape index (κ1) is 18.3. The predicted molar refractivity (Wildman–Crippen MR) is 77.2 cm³/mol. The Hall–Kier alpha value is -1.68. The average molecular weight is 281 g/mol. The van der Waals surface area contributed by atoms with E-state index in [9.17, 15) is 4.79 Å². The van der Waals surface area contributed by atoms with E-state index >= 15 is 0 Å². The minimum atomic E-state index is -0.357. The Morgan fingerprint density at radius 1 is 1.30 bits per heavy atom. The molecule has 0 aliphatic carbocycles. The van der Waals surface area contributed by atoms with Crippen LogP contribution in [-0.2, 0) is 16.1 Å². The van der Waals surface area contributed by atoms with Gasteiger partial charge in [0.15, 0.2) is 0 Å². The minimum Gasteiger partial charge on any atom is -1.00 e. The maximum Gasteiger partial charge on any atom is 0.334 e. The van der Waals surface area contributed by atoms with Crippen molar-refractivity contribution in [1.82, 2.24) is 0 Å². The van der Waals surface area contributed by atoms with E-state index in [1.54, 1.807) is 0 Å². The van der Waals surface area contributed by atoms with Crippen LogP contribution in [0.4, 0.5) is 0 Å². The van der Waals surface area contributed by atoms with Crippen LogP contribution in [0, 0.1) is 0 Å². The summed E-state index contributed by atoms with van der Waals surface area (Å²) in [5.74, 6) is -0.357. The molecule has 112 valence electrons. The van der Waals surface area contributed by atoms with Crippen molar-refractivity contribution < 1.29 is 18.7 Å². The van der Waals surface area contributed by atoms with Gasteiger partial charge in [-0.2, -0.15) is 0 Å². The number of nitrogens with zero attached hydrogens (tertiary/aromatic N) is 1. The van der Waals surface area contributed by atoms with E-state index in [1.165, 1.54) is 11.6 Å². The van der Waals surface area contributed by atoms with Crippen LogP contribution in [0.15, 0.2) is 43.0 Å². The fourth-order valence-corrected chi connectivity index (χ4v) is 2.37. The summed E-state index contributed by atoms with van der Waals surface area (Å²) in [5.41, 5.74) is 1.26. The summed E-state index contributed by atoms with van der Waals surface area (Å²) in [6.45, 7) is 12.4. The highest BCUT2D eigenvalue weighted by molar-refractivity contribution is 5.81. The number of benzene rings is 1. The summed E-state index contributed by atoms with van der Waals surface area (Å²) in [6, 6.07) is 10.3. The maximum absolute atomic E-state index is 11.4.